The SMILES string of the molecule is CCc1ccc(NC(=S)NC[C@@H](C)c2ccccc2)cc1. The van der Waals surface area contributed by atoms with Gasteiger partial charge in [-0.25, -0.2) is 0 Å². The molecule has 0 aliphatic rings. The highest BCUT2D eigenvalue weighted by Gasteiger charge is 2.05. The van der Waals surface area contributed by atoms with Gasteiger partial charge in [0, 0.05) is 12.2 Å². The Morgan fingerprint density at radius 2 is 1.71 bits per heavy atom. The molecule has 0 aliphatic carbocycles. The second kappa shape index (κ2) is 7.79. The predicted molar refractivity (Wildman–Crippen MR) is 94.9 cm³/mol. The first-order valence-electron chi connectivity index (χ1n) is 7.37. The molecule has 0 spiro atoms. The van der Waals surface area contributed by atoms with Crippen LogP contribution in [0.2, 0.25) is 0 Å². The van der Waals surface area contributed by atoms with Crippen molar-refractivity contribution in [1.82, 2.24) is 5.32 Å². The third-order valence-corrected chi connectivity index (χ3v) is 3.80. The maximum absolute atomic E-state index is 5.34. The van der Waals surface area contributed by atoms with E-state index in [1.165, 1.54) is 11.1 Å². The van der Waals surface area contributed by atoms with Gasteiger partial charge in [0.05, 0.1) is 0 Å². The van der Waals surface area contributed by atoms with E-state index in [-0.39, 0.29) is 0 Å². The molecule has 0 saturated heterocycles. The zero-order chi connectivity index (χ0) is 15.1. The summed E-state index contributed by atoms with van der Waals surface area (Å²) in [6, 6.07) is 18.8. The second-order valence-electron chi connectivity index (χ2n) is 5.20. The molecule has 2 nitrogen and oxygen atoms in total. The van der Waals surface area contributed by atoms with E-state index in [9.17, 15) is 0 Å². The van der Waals surface area contributed by atoms with Gasteiger partial charge in [-0.05, 0) is 47.8 Å². The van der Waals surface area contributed by atoms with Gasteiger partial charge in [-0.1, -0.05) is 56.3 Å². The van der Waals surface area contributed by atoms with E-state index in [2.05, 4.69) is 73.0 Å². The van der Waals surface area contributed by atoms with Gasteiger partial charge >= 0.3 is 0 Å². The van der Waals surface area contributed by atoms with E-state index < -0.39 is 0 Å². The zero-order valence-electron chi connectivity index (χ0n) is 12.6. The van der Waals surface area contributed by atoms with Crippen LogP contribution in [0.3, 0.4) is 0 Å². The quantitative estimate of drug-likeness (QED) is 0.803. The van der Waals surface area contributed by atoms with Crippen molar-refractivity contribution in [2.75, 3.05) is 11.9 Å². The Morgan fingerprint density at radius 1 is 1.05 bits per heavy atom. The van der Waals surface area contributed by atoms with E-state index in [0.29, 0.717) is 11.0 Å². The zero-order valence-corrected chi connectivity index (χ0v) is 13.4. The van der Waals surface area contributed by atoms with Crippen molar-refractivity contribution in [2.45, 2.75) is 26.2 Å². The van der Waals surface area contributed by atoms with Crippen LogP contribution in [0, 0.1) is 0 Å². The monoisotopic (exact) mass is 298 g/mol. The summed E-state index contributed by atoms with van der Waals surface area (Å²) >= 11 is 5.34. The molecule has 0 unspecified atom stereocenters. The highest BCUT2D eigenvalue weighted by atomic mass is 32.1. The number of rotatable bonds is 5. The van der Waals surface area contributed by atoms with Crippen LogP contribution in [0.4, 0.5) is 5.69 Å². The van der Waals surface area contributed by atoms with E-state index in [0.717, 1.165) is 18.7 Å². The maximum atomic E-state index is 5.34. The number of aryl methyl sites for hydroxylation is 1. The van der Waals surface area contributed by atoms with Gasteiger partial charge in [0.25, 0.3) is 0 Å². The molecule has 0 saturated carbocycles. The number of hydrogen-bond donors (Lipinski definition) is 2. The predicted octanol–water partition coefficient (Wildman–Crippen LogP) is 4.34. The summed E-state index contributed by atoms with van der Waals surface area (Å²) in [5.41, 5.74) is 3.68. The van der Waals surface area contributed by atoms with E-state index >= 15 is 0 Å². The third-order valence-electron chi connectivity index (χ3n) is 3.56. The lowest BCUT2D eigenvalue weighted by molar-refractivity contribution is 0.723. The molecule has 2 N–H and O–H groups in total. The van der Waals surface area contributed by atoms with Gasteiger partial charge in [-0.2, -0.15) is 0 Å². The highest BCUT2D eigenvalue weighted by Crippen LogP contribution is 2.13. The molecule has 1 atom stereocenters. The molecular weight excluding hydrogens is 276 g/mol. The fraction of sp³-hybridized carbons (Fsp3) is 0.278. The van der Waals surface area contributed by atoms with Crippen molar-refractivity contribution >= 4 is 23.0 Å². The average Bonchev–Trinajstić information content (AvgIpc) is 2.54. The second-order valence-corrected chi connectivity index (χ2v) is 5.61. The number of nitrogens with one attached hydrogen (secondary N) is 2. The smallest absolute Gasteiger partial charge is 0.170 e. The van der Waals surface area contributed by atoms with E-state index in [4.69, 9.17) is 12.2 Å². The minimum absolute atomic E-state index is 0.424. The maximum Gasteiger partial charge on any atom is 0.170 e. The molecule has 0 amide bonds. The van der Waals surface area contributed by atoms with E-state index in [1.807, 2.05) is 6.07 Å². The molecule has 110 valence electrons. The molecule has 2 rings (SSSR count). The van der Waals surface area contributed by atoms with Crippen LogP contribution in [0.25, 0.3) is 0 Å². The highest BCUT2D eigenvalue weighted by molar-refractivity contribution is 7.80. The Balaban J connectivity index is 1.81. The summed E-state index contributed by atoms with van der Waals surface area (Å²) in [5.74, 6) is 0.424. The largest absolute Gasteiger partial charge is 0.362 e. The van der Waals surface area contributed by atoms with Gasteiger partial charge in [-0.15, -0.1) is 0 Å². The van der Waals surface area contributed by atoms with Crippen LogP contribution < -0.4 is 10.6 Å². The lowest BCUT2D eigenvalue weighted by atomic mass is 10.0. The fourth-order valence-corrected chi connectivity index (χ4v) is 2.35. The molecule has 3 heteroatoms. The number of anilines is 1. The Bertz CT molecular complexity index is 564. The molecule has 0 heterocycles. The molecule has 2 aromatic rings. The van der Waals surface area contributed by atoms with Gasteiger partial charge in [0.1, 0.15) is 0 Å². The summed E-state index contributed by atoms with van der Waals surface area (Å²) < 4.78 is 0. The van der Waals surface area contributed by atoms with Crippen molar-refractivity contribution in [3.05, 3.63) is 65.7 Å². The summed E-state index contributed by atoms with van der Waals surface area (Å²) in [6.45, 7) is 5.17. The number of benzene rings is 2. The van der Waals surface area contributed by atoms with Crippen molar-refractivity contribution in [3.8, 4) is 0 Å². The Morgan fingerprint density at radius 3 is 2.33 bits per heavy atom. The average molecular weight is 298 g/mol. The standard InChI is InChI=1S/C18H22N2S/c1-3-15-9-11-17(12-10-15)20-18(21)19-13-14(2)16-7-5-4-6-8-16/h4-12,14H,3,13H2,1-2H3,(H2,19,20,21)/t14-/m1/s1. The molecular formula is C18H22N2S. The minimum Gasteiger partial charge on any atom is -0.362 e. The summed E-state index contributed by atoms with van der Waals surface area (Å²) in [4.78, 5) is 0. The molecule has 0 radical (unpaired) electrons. The van der Waals surface area contributed by atoms with Crippen LogP contribution in [-0.4, -0.2) is 11.7 Å². The topological polar surface area (TPSA) is 24.1 Å². The van der Waals surface area contributed by atoms with Crippen LogP contribution >= 0.6 is 12.2 Å². The summed E-state index contributed by atoms with van der Waals surface area (Å²) in [5, 5.41) is 7.17. The van der Waals surface area contributed by atoms with Gasteiger partial charge in [0.15, 0.2) is 5.11 Å². The van der Waals surface area contributed by atoms with Crippen LogP contribution in [-0.2, 0) is 6.42 Å². The normalized spacial score (nSPS) is 11.7. The Hall–Kier alpha value is -1.87. The Kier molecular flexibility index (Phi) is 5.76. The van der Waals surface area contributed by atoms with Gasteiger partial charge in [0.2, 0.25) is 0 Å². The van der Waals surface area contributed by atoms with Crippen molar-refractivity contribution in [1.29, 1.82) is 0 Å². The third kappa shape index (κ3) is 4.87. The first kappa shape index (κ1) is 15.5. The van der Waals surface area contributed by atoms with Crippen molar-refractivity contribution in [2.24, 2.45) is 0 Å². The van der Waals surface area contributed by atoms with Gasteiger partial charge < -0.3 is 10.6 Å². The minimum atomic E-state index is 0.424. The van der Waals surface area contributed by atoms with Crippen molar-refractivity contribution in [3.63, 3.8) is 0 Å². The van der Waals surface area contributed by atoms with Crippen LogP contribution in [0.15, 0.2) is 54.6 Å². The van der Waals surface area contributed by atoms with E-state index in [1.54, 1.807) is 0 Å². The molecule has 0 aliphatic heterocycles. The number of thiocarbonyl (C=S) groups is 1. The molecule has 2 aromatic carbocycles. The number of hydrogen-bond acceptors (Lipinski definition) is 1. The van der Waals surface area contributed by atoms with Crippen LogP contribution in [0.1, 0.15) is 30.9 Å². The first-order valence-corrected chi connectivity index (χ1v) is 7.78. The summed E-state index contributed by atoms with van der Waals surface area (Å²) in [6.07, 6.45) is 1.05. The fourth-order valence-electron chi connectivity index (χ4n) is 2.14. The lowest BCUT2D eigenvalue weighted by Crippen LogP contribution is -2.31. The molecule has 21 heavy (non-hydrogen) atoms. The van der Waals surface area contributed by atoms with Crippen molar-refractivity contribution < 1.29 is 0 Å². The van der Waals surface area contributed by atoms with Crippen LogP contribution in [0.5, 0.6) is 0 Å². The first-order chi connectivity index (χ1) is 10.2. The Labute approximate surface area is 132 Å². The lowest BCUT2D eigenvalue weighted by Gasteiger charge is -2.15. The molecule has 0 bridgehead atoms. The van der Waals surface area contributed by atoms with Gasteiger partial charge in [-0.3, -0.25) is 0 Å². The summed E-state index contributed by atoms with van der Waals surface area (Å²) in [7, 11) is 0. The molecule has 0 fully saturated rings. The molecule has 0 aromatic heterocycles.